The molecule has 0 N–H and O–H groups in total. The molecule has 0 aliphatic carbocycles. The number of carbonyl (C=O) groups is 2. The first-order chi connectivity index (χ1) is 8.60. The summed E-state index contributed by atoms with van der Waals surface area (Å²) in [5, 5.41) is 5.89. The second kappa shape index (κ2) is 5.09. The normalized spacial score (nSPS) is 10.3. The van der Waals surface area contributed by atoms with E-state index < -0.39 is 11.9 Å². The number of hydrogen-bond donors (Lipinski definition) is 0. The largest absolute Gasteiger partial charge is 0.385 e. The molecule has 0 bridgehead atoms. The molecule has 0 spiro atoms. The molecule has 0 aromatic carbocycles. The Balaban J connectivity index is 2.05. The summed E-state index contributed by atoms with van der Waals surface area (Å²) < 4.78 is 9.39. The van der Waals surface area contributed by atoms with Gasteiger partial charge in [0.05, 0.1) is 10.7 Å². The molecule has 0 radical (unpaired) electrons. The van der Waals surface area contributed by atoms with Crippen LogP contribution >= 0.6 is 11.3 Å². The predicted octanol–water partition coefficient (Wildman–Crippen LogP) is 2.00. The Labute approximate surface area is 107 Å². The van der Waals surface area contributed by atoms with Gasteiger partial charge in [-0.05, 0) is 13.3 Å². The first-order valence-corrected chi connectivity index (χ1v) is 6.12. The lowest BCUT2D eigenvalue weighted by Gasteiger charge is -1.96. The maximum Gasteiger partial charge on any atom is 0.385 e. The molecule has 2 heterocycles. The van der Waals surface area contributed by atoms with Crippen LogP contribution in [0.5, 0.6) is 0 Å². The molecule has 0 fully saturated rings. The van der Waals surface area contributed by atoms with Gasteiger partial charge in [-0.15, -0.1) is 11.3 Å². The lowest BCUT2D eigenvalue weighted by molar-refractivity contribution is 0.0365. The molecule has 0 saturated heterocycles. The van der Waals surface area contributed by atoms with Crippen molar-refractivity contribution >= 4 is 23.3 Å². The number of hydrogen-bond acceptors (Lipinski definition) is 7. The van der Waals surface area contributed by atoms with Crippen LogP contribution in [0.4, 0.5) is 0 Å². The number of nitrogens with zero attached hydrogens (tertiary/aromatic N) is 2. The molecule has 0 aliphatic heterocycles. The zero-order valence-corrected chi connectivity index (χ0v) is 10.6. The fourth-order valence-electron chi connectivity index (χ4n) is 1.22. The van der Waals surface area contributed by atoms with Crippen LogP contribution in [0, 0.1) is 6.92 Å². The summed E-state index contributed by atoms with van der Waals surface area (Å²) in [5.41, 5.74) is 0.736. The minimum Gasteiger partial charge on any atom is -0.382 e. The van der Waals surface area contributed by atoms with Crippen molar-refractivity contribution in [2.75, 3.05) is 0 Å². The van der Waals surface area contributed by atoms with E-state index >= 15 is 0 Å². The summed E-state index contributed by atoms with van der Waals surface area (Å²) in [5.74, 6) is -1.75. The van der Waals surface area contributed by atoms with E-state index in [1.807, 2.05) is 6.92 Å². The molecule has 0 atom stereocenters. The predicted molar refractivity (Wildman–Crippen MR) is 62.5 cm³/mol. The van der Waals surface area contributed by atoms with E-state index in [4.69, 9.17) is 4.52 Å². The van der Waals surface area contributed by atoms with Crippen molar-refractivity contribution in [1.29, 1.82) is 0 Å². The summed E-state index contributed by atoms with van der Waals surface area (Å²) in [6.45, 7) is 3.63. The SMILES string of the molecule is CCc1cc(C(=O)OC(=O)c2csc(C)n2)on1. The van der Waals surface area contributed by atoms with Crippen molar-refractivity contribution in [3.63, 3.8) is 0 Å². The number of esters is 2. The summed E-state index contributed by atoms with van der Waals surface area (Å²) >= 11 is 1.30. The van der Waals surface area contributed by atoms with Gasteiger partial charge in [-0.25, -0.2) is 14.6 Å². The topological polar surface area (TPSA) is 82.3 Å². The zero-order chi connectivity index (χ0) is 13.1. The van der Waals surface area contributed by atoms with Crippen molar-refractivity contribution in [3.8, 4) is 0 Å². The molecule has 6 nitrogen and oxygen atoms in total. The maximum atomic E-state index is 11.6. The lowest BCUT2D eigenvalue weighted by atomic mass is 10.3. The van der Waals surface area contributed by atoms with Crippen LogP contribution in [-0.2, 0) is 11.2 Å². The molecule has 18 heavy (non-hydrogen) atoms. The summed E-state index contributed by atoms with van der Waals surface area (Å²) in [7, 11) is 0. The Morgan fingerprint density at radius 3 is 2.78 bits per heavy atom. The van der Waals surface area contributed by atoms with Crippen LogP contribution < -0.4 is 0 Å². The summed E-state index contributed by atoms with van der Waals surface area (Å²) in [4.78, 5) is 27.0. The highest BCUT2D eigenvalue weighted by Crippen LogP contribution is 2.11. The maximum absolute atomic E-state index is 11.6. The van der Waals surface area contributed by atoms with Gasteiger partial charge in [0, 0.05) is 11.4 Å². The Morgan fingerprint density at radius 2 is 2.22 bits per heavy atom. The summed E-state index contributed by atoms with van der Waals surface area (Å²) in [6, 6.07) is 1.45. The molecular weight excluding hydrogens is 256 g/mol. The Hall–Kier alpha value is -2.02. The molecule has 94 valence electrons. The second-order valence-electron chi connectivity index (χ2n) is 3.46. The molecule has 2 aromatic rings. The Morgan fingerprint density at radius 1 is 1.44 bits per heavy atom. The molecule has 0 aliphatic rings. The number of carbonyl (C=O) groups excluding carboxylic acids is 2. The minimum absolute atomic E-state index is 0.0906. The van der Waals surface area contributed by atoms with Gasteiger partial charge in [0.2, 0.25) is 5.76 Å². The monoisotopic (exact) mass is 266 g/mol. The van der Waals surface area contributed by atoms with Gasteiger partial charge in [0.1, 0.15) is 0 Å². The van der Waals surface area contributed by atoms with E-state index in [9.17, 15) is 9.59 Å². The van der Waals surface area contributed by atoms with Crippen molar-refractivity contribution in [1.82, 2.24) is 10.1 Å². The fourth-order valence-corrected chi connectivity index (χ4v) is 1.80. The second-order valence-corrected chi connectivity index (χ2v) is 4.53. The van der Waals surface area contributed by atoms with Crippen LogP contribution in [0.15, 0.2) is 16.0 Å². The number of aromatic nitrogens is 2. The van der Waals surface area contributed by atoms with Crippen molar-refractivity contribution < 1.29 is 18.8 Å². The quantitative estimate of drug-likeness (QED) is 0.624. The number of rotatable bonds is 3. The van der Waals surface area contributed by atoms with Gasteiger partial charge in [-0.1, -0.05) is 12.1 Å². The number of aryl methyl sites for hydroxylation is 2. The van der Waals surface area contributed by atoms with Gasteiger partial charge in [-0.3, -0.25) is 0 Å². The van der Waals surface area contributed by atoms with Crippen LogP contribution in [0.2, 0.25) is 0 Å². The lowest BCUT2D eigenvalue weighted by Crippen LogP contribution is -2.12. The van der Waals surface area contributed by atoms with Crippen molar-refractivity contribution in [2.45, 2.75) is 20.3 Å². The summed E-state index contributed by atoms with van der Waals surface area (Å²) in [6.07, 6.45) is 0.635. The van der Waals surface area contributed by atoms with Gasteiger partial charge < -0.3 is 9.26 Å². The zero-order valence-electron chi connectivity index (χ0n) is 9.80. The average Bonchev–Trinajstić information content (AvgIpc) is 2.97. The molecule has 2 rings (SSSR count). The first-order valence-electron chi connectivity index (χ1n) is 5.24. The minimum atomic E-state index is -0.863. The highest BCUT2D eigenvalue weighted by molar-refractivity contribution is 7.09. The molecule has 0 saturated carbocycles. The van der Waals surface area contributed by atoms with Crippen LogP contribution in [-0.4, -0.2) is 22.1 Å². The Kier molecular flexibility index (Phi) is 3.52. The first kappa shape index (κ1) is 12.4. The van der Waals surface area contributed by atoms with E-state index in [0.717, 1.165) is 5.01 Å². The van der Waals surface area contributed by atoms with Crippen molar-refractivity contribution in [3.05, 3.63) is 33.6 Å². The third-order valence-electron chi connectivity index (χ3n) is 2.14. The van der Waals surface area contributed by atoms with E-state index in [1.54, 1.807) is 6.92 Å². The van der Waals surface area contributed by atoms with E-state index in [2.05, 4.69) is 14.9 Å². The molecule has 0 amide bonds. The number of thiazole rings is 1. The Bertz CT molecular complexity index is 587. The van der Waals surface area contributed by atoms with Crippen LogP contribution in [0.25, 0.3) is 0 Å². The van der Waals surface area contributed by atoms with Gasteiger partial charge in [0.25, 0.3) is 0 Å². The van der Waals surface area contributed by atoms with Crippen LogP contribution in [0.1, 0.15) is 38.7 Å². The van der Waals surface area contributed by atoms with Gasteiger partial charge >= 0.3 is 11.9 Å². The third-order valence-corrected chi connectivity index (χ3v) is 2.91. The van der Waals surface area contributed by atoms with E-state index in [-0.39, 0.29) is 11.5 Å². The number of ether oxygens (including phenoxy) is 1. The van der Waals surface area contributed by atoms with Crippen LogP contribution in [0.3, 0.4) is 0 Å². The standard InChI is InChI=1S/C11H10N2O4S/c1-3-7-4-9(17-13-7)11(15)16-10(14)8-5-18-6(2)12-8/h4-5H,3H2,1-2H3. The fraction of sp³-hybridized carbons (Fsp3) is 0.273. The third kappa shape index (κ3) is 2.62. The smallest absolute Gasteiger partial charge is 0.382 e. The van der Waals surface area contributed by atoms with Gasteiger partial charge in [0.15, 0.2) is 5.69 Å². The van der Waals surface area contributed by atoms with E-state index in [0.29, 0.717) is 12.1 Å². The average molecular weight is 266 g/mol. The highest BCUT2D eigenvalue weighted by Gasteiger charge is 2.20. The van der Waals surface area contributed by atoms with Crippen molar-refractivity contribution in [2.24, 2.45) is 0 Å². The molecular formula is C11H10N2O4S. The molecule has 0 unspecified atom stereocenters. The molecule has 7 heteroatoms. The van der Waals surface area contributed by atoms with Gasteiger partial charge in [-0.2, -0.15) is 0 Å². The molecule has 2 aromatic heterocycles. The van der Waals surface area contributed by atoms with E-state index in [1.165, 1.54) is 22.8 Å². The highest BCUT2D eigenvalue weighted by atomic mass is 32.1.